The molecule has 5 nitrogen and oxygen atoms in total. The van der Waals surface area contributed by atoms with Gasteiger partial charge in [-0.1, -0.05) is 0 Å². The Kier molecular flexibility index (Phi) is 4.11. The highest BCUT2D eigenvalue weighted by Gasteiger charge is 2.33. The second-order valence-electron chi connectivity index (χ2n) is 3.72. The summed E-state index contributed by atoms with van der Waals surface area (Å²) in [5, 5.41) is 2.76. The number of nitrogen functional groups attached to an aromatic ring is 1. The van der Waals surface area contributed by atoms with E-state index in [9.17, 15) is 13.2 Å². The number of nitrogens with one attached hydrogen (secondary N) is 1. The number of hydrogen-bond donors (Lipinski definition) is 2. The predicted molar refractivity (Wildman–Crippen MR) is 58.5 cm³/mol. The van der Waals surface area contributed by atoms with Gasteiger partial charge in [0.25, 0.3) is 0 Å². The SMILES string of the molecule is CN(C)CCNc1cc(C(F)(F)F)nc(N)n1. The van der Waals surface area contributed by atoms with E-state index in [1.54, 1.807) is 0 Å². The van der Waals surface area contributed by atoms with Crippen LogP contribution < -0.4 is 11.1 Å². The van der Waals surface area contributed by atoms with Crippen LogP contribution in [0.3, 0.4) is 0 Å². The van der Waals surface area contributed by atoms with Crippen molar-refractivity contribution < 1.29 is 13.2 Å². The molecule has 1 heterocycles. The highest BCUT2D eigenvalue weighted by molar-refractivity contribution is 5.41. The summed E-state index contributed by atoms with van der Waals surface area (Å²) in [4.78, 5) is 8.71. The third-order valence-corrected chi connectivity index (χ3v) is 1.90. The summed E-state index contributed by atoms with van der Waals surface area (Å²) in [5.41, 5.74) is 4.17. The third-order valence-electron chi connectivity index (χ3n) is 1.90. The first-order chi connectivity index (χ1) is 7.79. The highest BCUT2D eigenvalue weighted by atomic mass is 19.4. The number of anilines is 2. The molecule has 3 N–H and O–H groups in total. The van der Waals surface area contributed by atoms with E-state index in [0.29, 0.717) is 13.1 Å². The minimum atomic E-state index is -4.52. The molecule has 0 fully saturated rings. The number of nitrogens with zero attached hydrogens (tertiary/aromatic N) is 3. The molecule has 96 valence electrons. The smallest absolute Gasteiger partial charge is 0.369 e. The first-order valence-corrected chi connectivity index (χ1v) is 4.89. The first-order valence-electron chi connectivity index (χ1n) is 4.89. The molecule has 1 rings (SSSR count). The molecular formula is C9H14F3N5. The van der Waals surface area contributed by atoms with Crippen LogP contribution >= 0.6 is 0 Å². The standard InChI is InChI=1S/C9H14F3N5/c1-17(2)4-3-14-7-5-6(9(10,11)12)15-8(13)16-7/h5H,3-4H2,1-2H3,(H3,13,14,15,16). The second kappa shape index (κ2) is 5.17. The number of aromatic nitrogens is 2. The molecule has 0 radical (unpaired) electrons. The van der Waals surface area contributed by atoms with E-state index in [-0.39, 0.29) is 5.82 Å². The van der Waals surface area contributed by atoms with E-state index in [0.717, 1.165) is 6.07 Å². The molecule has 0 aliphatic carbocycles. The minimum Gasteiger partial charge on any atom is -0.369 e. The lowest BCUT2D eigenvalue weighted by Crippen LogP contribution is -2.21. The van der Waals surface area contributed by atoms with Crippen LogP contribution in [0.4, 0.5) is 24.9 Å². The van der Waals surface area contributed by atoms with E-state index >= 15 is 0 Å². The Morgan fingerprint density at radius 1 is 1.35 bits per heavy atom. The number of hydrogen-bond acceptors (Lipinski definition) is 5. The zero-order chi connectivity index (χ0) is 13.1. The van der Waals surface area contributed by atoms with Crippen molar-refractivity contribution >= 4 is 11.8 Å². The van der Waals surface area contributed by atoms with Gasteiger partial charge in [-0.3, -0.25) is 0 Å². The molecule has 0 bridgehead atoms. The number of rotatable bonds is 4. The van der Waals surface area contributed by atoms with Crippen LogP contribution in [-0.2, 0) is 6.18 Å². The van der Waals surface area contributed by atoms with Crippen LogP contribution in [0.5, 0.6) is 0 Å². The van der Waals surface area contributed by atoms with E-state index in [1.807, 2.05) is 19.0 Å². The molecule has 8 heteroatoms. The molecule has 1 aromatic heterocycles. The highest BCUT2D eigenvalue weighted by Crippen LogP contribution is 2.29. The van der Waals surface area contributed by atoms with Gasteiger partial charge in [-0.15, -0.1) is 0 Å². The monoisotopic (exact) mass is 249 g/mol. The van der Waals surface area contributed by atoms with Gasteiger partial charge >= 0.3 is 6.18 Å². The van der Waals surface area contributed by atoms with Gasteiger partial charge in [-0.05, 0) is 14.1 Å². The van der Waals surface area contributed by atoms with Gasteiger partial charge in [0.05, 0.1) is 0 Å². The van der Waals surface area contributed by atoms with Crippen molar-refractivity contribution in [2.24, 2.45) is 0 Å². The number of halogens is 3. The van der Waals surface area contributed by atoms with E-state index < -0.39 is 17.8 Å². The Hall–Kier alpha value is -1.57. The maximum absolute atomic E-state index is 12.4. The summed E-state index contributed by atoms with van der Waals surface area (Å²) in [6, 6.07) is 0.839. The molecule has 17 heavy (non-hydrogen) atoms. The Morgan fingerprint density at radius 2 is 2.00 bits per heavy atom. The molecule has 0 amide bonds. The lowest BCUT2D eigenvalue weighted by molar-refractivity contribution is -0.141. The van der Waals surface area contributed by atoms with E-state index in [4.69, 9.17) is 5.73 Å². The zero-order valence-corrected chi connectivity index (χ0v) is 9.54. The molecule has 0 unspecified atom stereocenters. The number of likely N-dealkylation sites (N-methyl/N-ethyl adjacent to an activating group) is 1. The van der Waals surface area contributed by atoms with Crippen LogP contribution in [-0.4, -0.2) is 42.1 Å². The van der Waals surface area contributed by atoms with Crippen molar-refractivity contribution in [1.29, 1.82) is 0 Å². The van der Waals surface area contributed by atoms with Gasteiger partial charge in [-0.2, -0.15) is 18.2 Å². The van der Waals surface area contributed by atoms with Crippen molar-refractivity contribution in [1.82, 2.24) is 14.9 Å². The summed E-state index contributed by atoms with van der Waals surface area (Å²) >= 11 is 0. The van der Waals surface area contributed by atoms with Crippen molar-refractivity contribution in [3.8, 4) is 0 Å². The van der Waals surface area contributed by atoms with Crippen molar-refractivity contribution in [3.05, 3.63) is 11.8 Å². The Balaban J connectivity index is 2.76. The van der Waals surface area contributed by atoms with Crippen molar-refractivity contribution in [2.75, 3.05) is 38.2 Å². The average Bonchev–Trinajstić information content (AvgIpc) is 2.14. The summed E-state index contributed by atoms with van der Waals surface area (Å²) in [6.45, 7) is 1.14. The normalized spacial score (nSPS) is 11.9. The Labute approximate surface area is 96.8 Å². The fraction of sp³-hybridized carbons (Fsp3) is 0.556. The Morgan fingerprint density at radius 3 is 2.53 bits per heavy atom. The van der Waals surface area contributed by atoms with Crippen LogP contribution in [0.1, 0.15) is 5.69 Å². The zero-order valence-electron chi connectivity index (χ0n) is 9.54. The van der Waals surface area contributed by atoms with Crippen molar-refractivity contribution in [3.63, 3.8) is 0 Å². The Bertz CT molecular complexity index is 377. The fourth-order valence-corrected chi connectivity index (χ4v) is 1.11. The first kappa shape index (κ1) is 13.5. The molecular weight excluding hydrogens is 235 g/mol. The largest absolute Gasteiger partial charge is 0.433 e. The van der Waals surface area contributed by atoms with Gasteiger partial charge in [0.2, 0.25) is 5.95 Å². The van der Waals surface area contributed by atoms with Gasteiger partial charge in [-0.25, -0.2) is 4.98 Å². The third kappa shape index (κ3) is 4.43. The van der Waals surface area contributed by atoms with Gasteiger partial charge in [0, 0.05) is 19.2 Å². The van der Waals surface area contributed by atoms with Gasteiger partial charge in [0.1, 0.15) is 5.82 Å². The van der Waals surface area contributed by atoms with Crippen molar-refractivity contribution in [2.45, 2.75) is 6.18 Å². The van der Waals surface area contributed by atoms with Crippen LogP contribution in [0.25, 0.3) is 0 Å². The lowest BCUT2D eigenvalue weighted by Gasteiger charge is -2.12. The van der Waals surface area contributed by atoms with Gasteiger partial charge < -0.3 is 16.0 Å². The molecule has 0 spiro atoms. The molecule has 1 aromatic rings. The van der Waals surface area contributed by atoms with Crippen LogP contribution in [0, 0.1) is 0 Å². The molecule has 0 atom stereocenters. The lowest BCUT2D eigenvalue weighted by atomic mass is 10.3. The maximum Gasteiger partial charge on any atom is 0.433 e. The molecule has 0 saturated heterocycles. The summed E-state index contributed by atoms with van der Waals surface area (Å²) < 4.78 is 37.2. The number of alkyl halides is 3. The molecule has 0 aromatic carbocycles. The molecule has 0 saturated carbocycles. The molecule has 0 aliphatic rings. The quantitative estimate of drug-likeness (QED) is 0.835. The van der Waals surface area contributed by atoms with E-state index in [2.05, 4.69) is 15.3 Å². The second-order valence-corrected chi connectivity index (χ2v) is 3.72. The minimum absolute atomic E-state index is 0.0756. The predicted octanol–water partition coefficient (Wildman–Crippen LogP) is 1.05. The topological polar surface area (TPSA) is 67.1 Å². The van der Waals surface area contributed by atoms with Crippen LogP contribution in [0.15, 0.2) is 6.07 Å². The summed E-state index contributed by atoms with van der Waals surface area (Å²) in [7, 11) is 3.72. The molecule has 0 aliphatic heterocycles. The summed E-state index contributed by atoms with van der Waals surface area (Å²) in [5.74, 6) is -0.321. The number of nitrogens with two attached hydrogens (primary N) is 1. The van der Waals surface area contributed by atoms with Crippen LogP contribution in [0.2, 0.25) is 0 Å². The van der Waals surface area contributed by atoms with Gasteiger partial charge in [0.15, 0.2) is 5.69 Å². The maximum atomic E-state index is 12.4. The van der Waals surface area contributed by atoms with E-state index in [1.165, 1.54) is 0 Å². The summed E-state index contributed by atoms with van der Waals surface area (Å²) in [6.07, 6.45) is -4.52. The fourth-order valence-electron chi connectivity index (χ4n) is 1.11. The average molecular weight is 249 g/mol.